The van der Waals surface area contributed by atoms with Crippen molar-refractivity contribution < 1.29 is 0 Å². The maximum atomic E-state index is 8.63. The van der Waals surface area contributed by atoms with Crippen LogP contribution >= 0.6 is 0 Å². The summed E-state index contributed by atoms with van der Waals surface area (Å²) in [7, 11) is 0. The number of nitriles is 1. The average molecular weight is 190 g/mol. The number of hydrogen-bond acceptors (Lipinski definition) is 4. The minimum atomic E-state index is 0.376. The number of rotatable bonds is 4. The molecule has 4 heteroatoms. The molecule has 0 aromatic carbocycles. The van der Waals surface area contributed by atoms with Crippen LogP contribution < -0.4 is 5.32 Å². The molecule has 14 heavy (non-hydrogen) atoms. The van der Waals surface area contributed by atoms with Gasteiger partial charge >= 0.3 is 0 Å². The first kappa shape index (κ1) is 10.5. The van der Waals surface area contributed by atoms with Crippen LogP contribution in [0.4, 0.5) is 5.82 Å². The molecule has 1 N–H and O–H groups in total. The van der Waals surface area contributed by atoms with Gasteiger partial charge in [0.2, 0.25) is 0 Å². The number of anilines is 1. The summed E-state index contributed by atoms with van der Waals surface area (Å²) < 4.78 is 0. The molecule has 4 nitrogen and oxygen atoms in total. The van der Waals surface area contributed by atoms with Gasteiger partial charge in [-0.1, -0.05) is 13.3 Å². The van der Waals surface area contributed by atoms with E-state index in [1.54, 1.807) is 6.07 Å². The highest BCUT2D eigenvalue weighted by atomic mass is 15.0. The Hall–Kier alpha value is -1.63. The topological polar surface area (TPSA) is 61.6 Å². The molecule has 1 aromatic rings. The van der Waals surface area contributed by atoms with Crippen LogP contribution in [0.15, 0.2) is 12.4 Å². The van der Waals surface area contributed by atoms with Crippen LogP contribution in [-0.4, -0.2) is 16.0 Å². The van der Waals surface area contributed by atoms with E-state index in [0.29, 0.717) is 11.7 Å². The van der Waals surface area contributed by atoms with Crippen LogP contribution in [0.3, 0.4) is 0 Å². The van der Waals surface area contributed by atoms with E-state index in [1.165, 1.54) is 6.33 Å². The maximum absolute atomic E-state index is 8.63. The summed E-state index contributed by atoms with van der Waals surface area (Å²) in [6.45, 7) is 4.23. The third-order valence-electron chi connectivity index (χ3n) is 1.90. The summed E-state index contributed by atoms with van der Waals surface area (Å²) in [6, 6.07) is 4.02. The highest BCUT2D eigenvalue weighted by Crippen LogP contribution is 2.07. The highest BCUT2D eigenvalue weighted by Gasteiger charge is 2.02. The van der Waals surface area contributed by atoms with Crippen LogP contribution in [0.5, 0.6) is 0 Å². The molecule has 1 aromatic heterocycles. The lowest BCUT2D eigenvalue weighted by Crippen LogP contribution is -2.15. The fraction of sp³-hybridized carbons (Fsp3) is 0.500. The zero-order valence-corrected chi connectivity index (χ0v) is 8.49. The van der Waals surface area contributed by atoms with Crippen molar-refractivity contribution in [3.05, 3.63) is 18.1 Å². The molecule has 1 atom stereocenters. The second kappa shape index (κ2) is 5.18. The number of aromatic nitrogens is 2. The Morgan fingerprint density at radius 3 is 3.00 bits per heavy atom. The zero-order valence-electron chi connectivity index (χ0n) is 8.49. The average Bonchev–Trinajstić information content (AvgIpc) is 2.18. The van der Waals surface area contributed by atoms with Crippen molar-refractivity contribution in [2.24, 2.45) is 0 Å². The molecule has 0 radical (unpaired) electrons. The van der Waals surface area contributed by atoms with Crippen LogP contribution in [-0.2, 0) is 0 Å². The standard InChI is InChI=1S/C10H14N4/c1-3-4-8(2)14-10-5-9(6-11)12-7-13-10/h5,7-8H,3-4H2,1-2H3,(H,12,13,14). The van der Waals surface area contributed by atoms with E-state index in [4.69, 9.17) is 5.26 Å². The van der Waals surface area contributed by atoms with Gasteiger partial charge < -0.3 is 5.32 Å². The Labute approximate surface area is 84.0 Å². The third-order valence-corrected chi connectivity index (χ3v) is 1.90. The molecule has 74 valence electrons. The second-order valence-electron chi connectivity index (χ2n) is 3.23. The van der Waals surface area contributed by atoms with Crippen molar-refractivity contribution in [1.82, 2.24) is 9.97 Å². The number of nitrogens with one attached hydrogen (secondary N) is 1. The molecule has 1 heterocycles. The summed E-state index contributed by atoms with van der Waals surface area (Å²) in [5, 5.41) is 11.8. The quantitative estimate of drug-likeness (QED) is 0.788. The van der Waals surface area contributed by atoms with Gasteiger partial charge in [0, 0.05) is 12.1 Å². The van der Waals surface area contributed by atoms with Gasteiger partial charge in [0.15, 0.2) is 0 Å². The Morgan fingerprint density at radius 2 is 2.36 bits per heavy atom. The highest BCUT2D eigenvalue weighted by molar-refractivity contribution is 5.39. The van der Waals surface area contributed by atoms with Gasteiger partial charge in [-0.25, -0.2) is 9.97 Å². The van der Waals surface area contributed by atoms with Crippen molar-refractivity contribution >= 4 is 5.82 Å². The second-order valence-corrected chi connectivity index (χ2v) is 3.23. The molecule has 0 aliphatic rings. The summed E-state index contributed by atoms with van der Waals surface area (Å²) in [4.78, 5) is 7.84. The van der Waals surface area contributed by atoms with Gasteiger partial charge in [0.05, 0.1) is 0 Å². The van der Waals surface area contributed by atoms with Gasteiger partial charge in [-0.2, -0.15) is 5.26 Å². The first-order valence-electron chi connectivity index (χ1n) is 4.75. The number of hydrogen-bond donors (Lipinski definition) is 1. The Morgan fingerprint density at radius 1 is 1.57 bits per heavy atom. The van der Waals surface area contributed by atoms with Crippen LogP contribution in [0.2, 0.25) is 0 Å². The minimum absolute atomic E-state index is 0.376. The van der Waals surface area contributed by atoms with E-state index in [-0.39, 0.29) is 0 Å². The molecule has 0 aliphatic heterocycles. The lowest BCUT2D eigenvalue weighted by atomic mass is 10.2. The fourth-order valence-corrected chi connectivity index (χ4v) is 1.26. The van der Waals surface area contributed by atoms with Gasteiger partial charge in [-0.15, -0.1) is 0 Å². The van der Waals surface area contributed by atoms with Crippen molar-refractivity contribution in [3.8, 4) is 6.07 Å². The largest absolute Gasteiger partial charge is 0.367 e. The molecule has 0 aliphatic carbocycles. The van der Waals surface area contributed by atoms with Gasteiger partial charge in [0.25, 0.3) is 0 Å². The van der Waals surface area contributed by atoms with Crippen molar-refractivity contribution in [2.45, 2.75) is 32.7 Å². The zero-order chi connectivity index (χ0) is 10.4. The first-order chi connectivity index (χ1) is 6.76. The predicted octanol–water partition coefficient (Wildman–Crippen LogP) is 1.95. The summed E-state index contributed by atoms with van der Waals surface area (Å²) >= 11 is 0. The Kier molecular flexibility index (Phi) is 3.86. The lowest BCUT2D eigenvalue weighted by molar-refractivity contribution is 0.687. The van der Waals surface area contributed by atoms with E-state index < -0.39 is 0 Å². The third kappa shape index (κ3) is 3.02. The Balaban J connectivity index is 2.63. The van der Waals surface area contributed by atoms with Crippen molar-refractivity contribution in [2.75, 3.05) is 5.32 Å². The summed E-state index contributed by atoms with van der Waals surface area (Å²) in [6.07, 6.45) is 3.62. The van der Waals surface area contributed by atoms with Gasteiger partial charge in [0.1, 0.15) is 23.9 Å². The SMILES string of the molecule is CCCC(C)Nc1cc(C#N)ncn1. The van der Waals surface area contributed by atoms with Crippen molar-refractivity contribution in [1.29, 1.82) is 5.26 Å². The number of nitrogens with zero attached hydrogens (tertiary/aromatic N) is 3. The predicted molar refractivity (Wildman–Crippen MR) is 54.7 cm³/mol. The lowest BCUT2D eigenvalue weighted by Gasteiger charge is -2.12. The molecular weight excluding hydrogens is 176 g/mol. The maximum Gasteiger partial charge on any atom is 0.145 e. The van der Waals surface area contributed by atoms with E-state index >= 15 is 0 Å². The van der Waals surface area contributed by atoms with Crippen LogP contribution in [0.1, 0.15) is 32.4 Å². The van der Waals surface area contributed by atoms with E-state index in [9.17, 15) is 0 Å². The van der Waals surface area contributed by atoms with Crippen LogP contribution in [0.25, 0.3) is 0 Å². The molecule has 0 fully saturated rings. The van der Waals surface area contributed by atoms with E-state index in [0.717, 1.165) is 18.7 Å². The normalized spacial score (nSPS) is 11.8. The van der Waals surface area contributed by atoms with Gasteiger partial charge in [-0.3, -0.25) is 0 Å². The summed E-state index contributed by atoms with van der Waals surface area (Å²) in [5.41, 5.74) is 0.395. The first-order valence-corrected chi connectivity index (χ1v) is 4.75. The molecule has 1 rings (SSSR count). The summed E-state index contributed by atoms with van der Waals surface area (Å²) in [5.74, 6) is 0.720. The monoisotopic (exact) mass is 190 g/mol. The molecule has 0 amide bonds. The van der Waals surface area contributed by atoms with Gasteiger partial charge in [-0.05, 0) is 13.3 Å². The molecule has 1 unspecified atom stereocenters. The van der Waals surface area contributed by atoms with E-state index in [1.807, 2.05) is 6.07 Å². The fourth-order valence-electron chi connectivity index (χ4n) is 1.26. The van der Waals surface area contributed by atoms with E-state index in [2.05, 4.69) is 29.1 Å². The Bertz CT molecular complexity index is 329. The van der Waals surface area contributed by atoms with Crippen molar-refractivity contribution in [3.63, 3.8) is 0 Å². The molecular formula is C10H14N4. The minimum Gasteiger partial charge on any atom is -0.367 e. The molecule has 0 saturated carbocycles. The molecule has 0 bridgehead atoms. The molecule has 0 saturated heterocycles. The smallest absolute Gasteiger partial charge is 0.145 e. The molecule has 0 spiro atoms. The van der Waals surface area contributed by atoms with Crippen LogP contribution in [0, 0.1) is 11.3 Å².